The molecule has 0 saturated heterocycles. The van der Waals surface area contributed by atoms with E-state index in [1.807, 2.05) is 18.2 Å². The van der Waals surface area contributed by atoms with Crippen molar-refractivity contribution in [3.05, 3.63) is 28.2 Å². The van der Waals surface area contributed by atoms with Gasteiger partial charge in [-0.15, -0.1) is 0 Å². The first-order chi connectivity index (χ1) is 8.97. The number of ether oxygens (including phenoxy) is 1. The summed E-state index contributed by atoms with van der Waals surface area (Å²) in [5.74, 6) is 2.20. The Kier molecular flexibility index (Phi) is 3.38. The molecule has 1 saturated carbocycles. The van der Waals surface area contributed by atoms with Crippen molar-refractivity contribution in [1.82, 2.24) is 0 Å². The first kappa shape index (κ1) is 13.4. The van der Waals surface area contributed by atoms with E-state index in [-0.39, 0.29) is 5.60 Å². The minimum absolute atomic E-state index is 0.162. The van der Waals surface area contributed by atoms with Crippen LogP contribution in [0.1, 0.15) is 51.2 Å². The Morgan fingerprint density at radius 3 is 2.58 bits per heavy atom. The molecule has 1 N–H and O–H groups in total. The van der Waals surface area contributed by atoms with Crippen molar-refractivity contribution < 1.29 is 9.84 Å². The van der Waals surface area contributed by atoms with E-state index in [9.17, 15) is 5.11 Å². The lowest BCUT2D eigenvalue weighted by Gasteiger charge is -2.47. The highest BCUT2D eigenvalue weighted by Crippen LogP contribution is 2.49. The van der Waals surface area contributed by atoms with Crippen molar-refractivity contribution in [2.24, 2.45) is 11.8 Å². The molecule has 3 unspecified atom stereocenters. The highest BCUT2D eigenvalue weighted by molar-refractivity contribution is 9.10. The first-order valence-electron chi connectivity index (χ1n) is 7.14. The van der Waals surface area contributed by atoms with E-state index in [0.29, 0.717) is 11.8 Å². The zero-order chi connectivity index (χ0) is 13.6. The van der Waals surface area contributed by atoms with Crippen LogP contribution in [0.4, 0.5) is 0 Å². The molecule has 1 aliphatic heterocycles. The zero-order valence-electron chi connectivity index (χ0n) is 11.5. The van der Waals surface area contributed by atoms with Crippen molar-refractivity contribution in [2.75, 3.05) is 0 Å². The maximum absolute atomic E-state index is 10.4. The fourth-order valence-electron chi connectivity index (χ4n) is 4.07. The van der Waals surface area contributed by atoms with Gasteiger partial charge >= 0.3 is 0 Å². The summed E-state index contributed by atoms with van der Waals surface area (Å²) in [6, 6.07) is 5.92. The number of aliphatic hydroxyl groups is 1. The Morgan fingerprint density at radius 1 is 1.21 bits per heavy atom. The van der Waals surface area contributed by atoms with E-state index < -0.39 is 6.10 Å². The van der Waals surface area contributed by atoms with E-state index in [2.05, 4.69) is 29.8 Å². The molecule has 1 aromatic rings. The molecule has 1 spiro atoms. The Morgan fingerprint density at radius 2 is 1.89 bits per heavy atom. The van der Waals surface area contributed by atoms with E-state index in [1.54, 1.807) is 0 Å². The molecule has 1 aromatic carbocycles. The van der Waals surface area contributed by atoms with Crippen LogP contribution in [-0.2, 0) is 0 Å². The van der Waals surface area contributed by atoms with Crippen molar-refractivity contribution in [3.8, 4) is 5.75 Å². The summed E-state index contributed by atoms with van der Waals surface area (Å²) in [6.45, 7) is 4.59. The van der Waals surface area contributed by atoms with Gasteiger partial charge in [-0.1, -0.05) is 35.8 Å². The number of fused-ring (bicyclic) bond motifs is 1. The number of benzene rings is 1. The molecule has 1 fully saturated rings. The molecule has 0 amide bonds. The van der Waals surface area contributed by atoms with Gasteiger partial charge < -0.3 is 9.84 Å². The second-order valence-electron chi connectivity index (χ2n) is 6.54. The minimum Gasteiger partial charge on any atom is -0.487 e. The number of rotatable bonds is 0. The van der Waals surface area contributed by atoms with Crippen molar-refractivity contribution >= 4 is 15.9 Å². The van der Waals surface area contributed by atoms with Gasteiger partial charge in [0.1, 0.15) is 11.4 Å². The molecular formula is C16H21BrO2. The van der Waals surface area contributed by atoms with Crippen LogP contribution < -0.4 is 4.74 Å². The molecule has 3 heteroatoms. The van der Waals surface area contributed by atoms with Gasteiger partial charge in [0.2, 0.25) is 0 Å². The SMILES string of the molecule is CC1CC(C)CC2(C1)CC(O)c1ccc(Br)cc1O2. The summed E-state index contributed by atoms with van der Waals surface area (Å²) < 4.78 is 7.37. The van der Waals surface area contributed by atoms with Crippen LogP contribution in [0.2, 0.25) is 0 Å². The van der Waals surface area contributed by atoms with Gasteiger partial charge in [-0.3, -0.25) is 0 Å². The summed E-state index contributed by atoms with van der Waals surface area (Å²) in [5.41, 5.74) is 0.768. The standard InChI is InChI=1S/C16H21BrO2/c1-10-5-11(2)8-16(7-10)9-14(18)13-4-3-12(17)6-15(13)19-16/h3-4,6,10-11,14,18H,5,7-9H2,1-2H3. The number of halogens is 1. The first-order valence-corrected chi connectivity index (χ1v) is 7.93. The van der Waals surface area contributed by atoms with Gasteiger partial charge in [0, 0.05) is 16.5 Å². The Hall–Kier alpha value is -0.540. The Labute approximate surface area is 123 Å². The molecule has 104 valence electrons. The summed E-state index contributed by atoms with van der Waals surface area (Å²) in [5, 5.41) is 10.4. The average Bonchev–Trinajstić information content (AvgIpc) is 2.25. The molecule has 3 rings (SSSR count). The number of aliphatic hydroxyl groups excluding tert-OH is 1. The van der Waals surface area contributed by atoms with Crippen LogP contribution in [0.25, 0.3) is 0 Å². The third kappa shape index (κ3) is 2.55. The molecule has 0 aromatic heterocycles. The largest absolute Gasteiger partial charge is 0.487 e. The van der Waals surface area contributed by atoms with Crippen LogP contribution in [0.5, 0.6) is 5.75 Å². The predicted molar refractivity (Wildman–Crippen MR) is 79.3 cm³/mol. The normalized spacial score (nSPS) is 37.8. The lowest BCUT2D eigenvalue weighted by Crippen LogP contribution is -2.46. The minimum atomic E-state index is -0.394. The predicted octanol–water partition coefficient (Wildman–Crippen LogP) is 4.46. The zero-order valence-corrected chi connectivity index (χ0v) is 13.1. The van der Waals surface area contributed by atoms with E-state index >= 15 is 0 Å². The second kappa shape index (κ2) is 4.78. The lowest BCUT2D eigenvalue weighted by atomic mass is 9.70. The molecular weight excluding hydrogens is 304 g/mol. The van der Waals surface area contributed by atoms with Gasteiger partial charge in [0.15, 0.2) is 0 Å². The van der Waals surface area contributed by atoms with Crippen LogP contribution in [0.15, 0.2) is 22.7 Å². The third-order valence-electron chi connectivity index (χ3n) is 4.47. The third-order valence-corrected chi connectivity index (χ3v) is 4.97. The molecule has 0 radical (unpaired) electrons. The highest BCUT2D eigenvalue weighted by atomic mass is 79.9. The lowest BCUT2D eigenvalue weighted by molar-refractivity contribution is -0.0624. The van der Waals surface area contributed by atoms with Gasteiger partial charge in [-0.25, -0.2) is 0 Å². The Bertz CT molecular complexity index is 476. The molecule has 1 aliphatic carbocycles. The summed E-state index contributed by atoms with van der Waals surface area (Å²) in [4.78, 5) is 0. The smallest absolute Gasteiger partial charge is 0.127 e. The molecule has 19 heavy (non-hydrogen) atoms. The molecule has 0 bridgehead atoms. The van der Waals surface area contributed by atoms with Crippen molar-refractivity contribution in [1.29, 1.82) is 0 Å². The van der Waals surface area contributed by atoms with Gasteiger partial charge in [-0.2, -0.15) is 0 Å². The monoisotopic (exact) mass is 324 g/mol. The molecule has 3 atom stereocenters. The fraction of sp³-hybridized carbons (Fsp3) is 0.625. The number of hydrogen-bond donors (Lipinski definition) is 1. The van der Waals surface area contributed by atoms with Crippen LogP contribution in [0.3, 0.4) is 0 Å². The second-order valence-corrected chi connectivity index (χ2v) is 7.46. The topological polar surface area (TPSA) is 29.5 Å². The molecule has 2 aliphatic rings. The quantitative estimate of drug-likeness (QED) is 0.763. The average molecular weight is 325 g/mol. The molecule has 2 nitrogen and oxygen atoms in total. The highest BCUT2D eigenvalue weighted by Gasteiger charge is 2.45. The maximum Gasteiger partial charge on any atom is 0.127 e. The van der Waals surface area contributed by atoms with Gasteiger partial charge in [-0.05, 0) is 43.2 Å². The molecule has 1 heterocycles. The van der Waals surface area contributed by atoms with Crippen LogP contribution in [0, 0.1) is 11.8 Å². The number of hydrogen-bond acceptors (Lipinski definition) is 2. The summed E-state index contributed by atoms with van der Waals surface area (Å²) in [7, 11) is 0. The maximum atomic E-state index is 10.4. The van der Waals surface area contributed by atoms with Crippen LogP contribution in [-0.4, -0.2) is 10.7 Å². The van der Waals surface area contributed by atoms with Crippen LogP contribution >= 0.6 is 15.9 Å². The van der Waals surface area contributed by atoms with E-state index in [1.165, 1.54) is 6.42 Å². The van der Waals surface area contributed by atoms with E-state index in [0.717, 1.165) is 35.0 Å². The van der Waals surface area contributed by atoms with Crippen molar-refractivity contribution in [2.45, 2.75) is 51.2 Å². The van der Waals surface area contributed by atoms with Gasteiger partial charge in [0.25, 0.3) is 0 Å². The summed E-state index contributed by atoms with van der Waals surface area (Å²) >= 11 is 3.48. The van der Waals surface area contributed by atoms with Crippen molar-refractivity contribution in [3.63, 3.8) is 0 Å². The van der Waals surface area contributed by atoms with E-state index in [4.69, 9.17) is 4.74 Å². The summed E-state index contributed by atoms with van der Waals surface area (Å²) in [6.07, 6.45) is 3.72. The van der Waals surface area contributed by atoms with Gasteiger partial charge in [0.05, 0.1) is 6.10 Å². The fourth-order valence-corrected chi connectivity index (χ4v) is 4.41. The Balaban J connectivity index is 1.95.